The number of benzene rings is 1. The first kappa shape index (κ1) is 13.5. The largest absolute Gasteiger partial charge is 0.310 e. The summed E-state index contributed by atoms with van der Waals surface area (Å²) in [5, 5.41) is 4.97. The van der Waals surface area contributed by atoms with Gasteiger partial charge in [-0.2, -0.15) is 0 Å². The Kier molecular flexibility index (Phi) is 3.56. The first-order chi connectivity index (χ1) is 8.91. The summed E-state index contributed by atoms with van der Waals surface area (Å²) in [6.45, 7) is 10.2. The highest BCUT2D eigenvalue weighted by molar-refractivity contribution is 6.01. The molecule has 3 nitrogen and oxygen atoms in total. The second kappa shape index (κ2) is 5.00. The van der Waals surface area contributed by atoms with E-state index < -0.39 is 0 Å². The van der Waals surface area contributed by atoms with E-state index in [1.54, 1.807) is 6.20 Å². The summed E-state index contributed by atoms with van der Waals surface area (Å²) in [6.07, 6.45) is 1.75. The number of pyridine rings is 1. The summed E-state index contributed by atoms with van der Waals surface area (Å²) in [5.41, 5.74) is 3.91. The molecule has 1 aromatic heterocycles. The zero-order valence-electron chi connectivity index (χ0n) is 12.2. The summed E-state index contributed by atoms with van der Waals surface area (Å²) in [5.74, 6) is 1.04. The van der Waals surface area contributed by atoms with Gasteiger partial charge in [0.1, 0.15) is 5.82 Å². The first-order valence-corrected chi connectivity index (χ1v) is 6.58. The average Bonchev–Trinajstić information content (AvgIpc) is 2.29. The van der Waals surface area contributed by atoms with Gasteiger partial charge in [-0.05, 0) is 54.0 Å². The summed E-state index contributed by atoms with van der Waals surface area (Å²) in [7, 11) is 0. The third-order valence-corrected chi connectivity index (χ3v) is 3.46. The fourth-order valence-electron chi connectivity index (χ4n) is 2.84. The molecule has 1 amide bonds. The second-order valence-electron chi connectivity index (χ2n) is 5.32. The molecule has 0 atom stereocenters. The number of hydrogen-bond donors (Lipinski definition) is 1. The number of carbonyl (C=O) groups excluding carboxylic acids is 1. The van der Waals surface area contributed by atoms with Gasteiger partial charge in [0.05, 0.1) is 0 Å². The molecule has 2 aromatic rings. The molecule has 0 saturated heterocycles. The molecule has 0 radical (unpaired) electrons. The van der Waals surface area contributed by atoms with E-state index in [0.29, 0.717) is 11.7 Å². The van der Waals surface area contributed by atoms with Crippen LogP contribution in [0, 0.1) is 13.8 Å². The molecule has 100 valence electrons. The van der Waals surface area contributed by atoms with Crippen LogP contribution in [0.2, 0.25) is 0 Å². The van der Waals surface area contributed by atoms with Crippen molar-refractivity contribution in [3.05, 3.63) is 35.0 Å². The van der Waals surface area contributed by atoms with Gasteiger partial charge in [0, 0.05) is 18.5 Å². The quantitative estimate of drug-likeness (QED) is 0.884. The van der Waals surface area contributed by atoms with Crippen molar-refractivity contribution in [2.45, 2.75) is 40.5 Å². The van der Waals surface area contributed by atoms with Crippen LogP contribution in [-0.2, 0) is 4.79 Å². The number of amides is 1. The molecule has 3 heteroatoms. The number of aromatic nitrogens is 1. The van der Waals surface area contributed by atoms with Crippen molar-refractivity contribution in [2.24, 2.45) is 0 Å². The van der Waals surface area contributed by atoms with Gasteiger partial charge in [0.25, 0.3) is 0 Å². The van der Waals surface area contributed by atoms with Gasteiger partial charge in [-0.3, -0.25) is 4.79 Å². The Morgan fingerprint density at radius 3 is 2.53 bits per heavy atom. The van der Waals surface area contributed by atoms with E-state index in [9.17, 15) is 4.79 Å². The minimum atomic E-state index is -0.0942. The lowest BCUT2D eigenvalue weighted by Gasteiger charge is -2.17. The molecule has 0 aliphatic rings. The number of fused-ring (bicyclic) bond motifs is 1. The average molecular weight is 256 g/mol. The van der Waals surface area contributed by atoms with Crippen LogP contribution in [0.1, 0.15) is 43.4 Å². The molecular formula is C16H20N2O. The number of nitrogens with one attached hydrogen (secondary N) is 1. The minimum absolute atomic E-state index is 0.0942. The molecule has 0 saturated carbocycles. The third kappa shape index (κ3) is 2.46. The van der Waals surface area contributed by atoms with Crippen molar-refractivity contribution in [3.63, 3.8) is 0 Å². The molecule has 2 rings (SSSR count). The van der Waals surface area contributed by atoms with Gasteiger partial charge in [0.2, 0.25) is 5.91 Å². The fraction of sp³-hybridized carbons (Fsp3) is 0.375. The van der Waals surface area contributed by atoms with Crippen LogP contribution in [0.25, 0.3) is 10.8 Å². The lowest BCUT2D eigenvalue weighted by atomic mass is 9.89. The Labute approximate surface area is 114 Å². The van der Waals surface area contributed by atoms with Crippen molar-refractivity contribution in [2.75, 3.05) is 5.32 Å². The van der Waals surface area contributed by atoms with E-state index in [4.69, 9.17) is 0 Å². The van der Waals surface area contributed by atoms with Crippen LogP contribution in [0.3, 0.4) is 0 Å². The monoisotopic (exact) mass is 256 g/mol. The number of carbonyl (C=O) groups is 1. The Bertz CT molecular complexity index is 645. The van der Waals surface area contributed by atoms with Gasteiger partial charge in [-0.25, -0.2) is 4.98 Å². The lowest BCUT2D eigenvalue weighted by molar-refractivity contribution is -0.114. The number of anilines is 1. The zero-order chi connectivity index (χ0) is 14.2. The highest BCUT2D eigenvalue weighted by atomic mass is 16.1. The van der Waals surface area contributed by atoms with Crippen molar-refractivity contribution in [3.8, 4) is 0 Å². The van der Waals surface area contributed by atoms with E-state index in [2.05, 4.69) is 44.1 Å². The highest BCUT2D eigenvalue weighted by Gasteiger charge is 2.13. The Morgan fingerprint density at radius 1 is 1.26 bits per heavy atom. The van der Waals surface area contributed by atoms with E-state index >= 15 is 0 Å². The number of aryl methyl sites for hydroxylation is 2. The van der Waals surface area contributed by atoms with E-state index in [1.165, 1.54) is 23.6 Å². The molecule has 0 aliphatic carbocycles. The molecular weight excluding hydrogens is 236 g/mol. The maximum absolute atomic E-state index is 11.3. The summed E-state index contributed by atoms with van der Waals surface area (Å²) in [6, 6.07) is 4.14. The van der Waals surface area contributed by atoms with Crippen molar-refractivity contribution in [1.82, 2.24) is 4.98 Å². The maximum Gasteiger partial charge on any atom is 0.222 e. The van der Waals surface area contributed by atoms with Crippen molar-refractivity contribution < 1.29 is 4.79 Å². The van der Waals surface area contributed by atoms with Crippen LogP contribution in [0.15, 0.2) is 18.3 Å². The summed E-state index contributed by atoms with van der Waals surface area (Å²) in [4.78, 5) is 15.5. The maximum atomic E-state index is 11.3. The van der Waals surface area contributed by atoms with Gasteiger partial charge < -0.3 is 5.32 Å². The van der Waals surface area contributed by atoms with Gasteiger partial charge in [-0.15, -0.1) is 0 Å². The van der Waals surface area contributed by atoms with E-state index in [0.717, 1.165) is 10.8 Å². The Balaban J connectivity index is 2.76. The molecule has 0 bridgehead atoms. The first-order valence-electron chi connectivity index (χ1n) is 6.58. The molecule has 1 N–H and O–H groups in total. The zero-order valence-corrected chi connectivity index (χ0v) is 12.2. The van der Waals surface area contributed by atoms with Crippen LogP contribution < -0.4 is 5.32 Å². The molecule has 0 spiro atoms. The SMILES string of the molecule is CC(=O)Nc1nccc2c(C)c(C(C)C)c(C)cc12. The highest BCUT2D eigenvalue weighted by Crippen LogP contribution is 2.32. The summed E-state index contributed by atoms with van der Waals surface area (Å²) < 4.78 is 0. The van der Waals surface area contributed by atoms with Crippen LogP contribution >= 0.6 is 0 Å². The Morgan fingerprint density at radius 2 is 1.95 bits per heavy atom. The van der Waals surface area contributed by atoms with Crippen LogP contribution in [0.4, 0.5) is 5.82 Å². The van der Waals surface area contributed by atoms with Crippen molar-refractivity contribution in [1.29, 1.82) is 0 Å². The fourth-order valence-corrected chi connectivity index (χ4v) is 2.84. The standard InChI is InChI=1S/C16H20N2O/c1-9(2)15-10(3)8-14-13(11(15)4)6-7-17-16(14)18-12(5)19/h6-9H,1-5H3,(H,17,18,19). The smallest absolute Gasteiger partial charge is 0.222 e. The predicted molar refractivity (Wildman–Crippen MR) is 79.6 cm³/mol. The van der Waals surface area contributed by atoms with E-state index in [1.807, 2.05) is 6.07 Å². The number of hydrogen-bond acceptors (Lipinski definition) is 2. The minimum Gasteiger partial charge on any atom is -0.310 e. The van der Waals surface area contributed by atoms with Gasteiger partial charge >= 0.3 is 0 Å². The number of rotatable bonds is 2. The Hall–Kier alpha value is -1.90. The molecule has 0 unspecified atom stereocenters. The van der Waals surface area contributed by atoms with Gasteiger partial charge in [0.15, 0.2) is 0 Å². The molecule has 0 fully saturated rings. The summed E-state index contributed by atoms with van der Waals surface area (Å²) >= 11 is 0. The topological polar surface area (TPSA) is 42.0 Å². The van der Waals surface area contributed by atoms with Gasteiger partial charge in [-0.1, -0.05) is 13.8 Å². The van der Waals surface area contributed by atoms with Crippen LogP contribution in [-0.4, -0.2) is 10.9 Å². The second-order valence-corrected chi connectivity index (χ2v) is 5.32. The normalized spacial score (nSPS) is 11.1. The molecule has 1 heterocycles. The van der Waals surface area contributed by atoms with E-state index in [-0.39, 0.29) is 5.91 Å². The van der Waals surface area contributed by atoms with Crippen LogP contribution in [0.5, 0.6) is 0 Å². The van der Waals surface area contributed by atoms with Crippen molar-refractivity contribution >= 4 is 22.5 Å². The molecule has 1 aromatic carbocycles. The lowest BCUT2D eigenvalue weighted by Crippen LogP contribution is -2.08. The molecule has 19 heavy (non-hydrogen) atoms. The predicted octanol–water partition coefficient (Wildman–Crippen LogP) is 3.93. The molecule has 0 aliphatic heterocycles. The number of nitrogens with zero attached hydrogens (tertiary/aromatic N) is 1. The third-order valence-electron chi connectivity index (χ3n) is 3.46.